The van der Waals surface area contributed by atoms with Gasteiger partial charge in [-0.25, -0.2) is 4.79 Å². The number of hydrogen-bond acceptors (Lipinski definition) is 5. The third-order valence-electron chi connectivity index (χ3n) is 6.01. The zero-order chi connectivity index (χ0) is 22.1. The van der Waals surface area contributed by atoms with Crippen molar-refractivity contribution in [1.29, 1.82) is 0 Å². The summed E-state index contributed by atoms with van der Waals surface area (Å²) in [5.41, 5.74) is 2.26. The number of nitrogens with zero attached hydrogens (tertiary/aromatic N) is 2. The molecule has 2 heterocycles. The minimum Gasteiger partial charge on any atom is -0.495 e. The molecule has 31 heavy (non-hydrogen) atoms. The Morgan fingerprint density at radius 3 is 2.68 bits per heavy atom. The molecule has 0 saturated heterocycles. The van der Waals surface area contributed by atoms with Crippen LogP contribution in [-0.2, 0) is 6.42 Å². The number of fused-ring (bicyclic) bond motifs is 1. The average molecular weight is 442 g/mol. The Bertz CT molecular complexity index is 1140. The highest BCUT2D eigenvalue weighted by molar-refractivity contribution is 7.20. The van der Waals surface area contributed by atoms with Gasteiger partial charge in [0.05, 0.1) is 23.7 Å². The van der Waals surface area contributed by atoms with Gasteiger partial charge in [-0.3, -0.25) is 9.48 Å². The number of ether oxygens (including phenoxy) is 1. The highest BCUT2D eigenvalue weighted by atomic mass is 32.1. The van der Waals surface area contributed by atoms with E-state index in [4.69, 9.17) is 9.84 Å². The van der Waals surface area contributed by atoms with Crippen molar-refractivity contribution in [3.8, 4) is 5.75 Å². The van der Waals surface area contributed by atoms with Gasteiger partial charge in [0.15, 0.2) is 0 Å². The van der Waals surface area contributed by atoms with Crippen LogP contribution in [0.15, 0.2) is 18.2 Å². The molecule has 1 aliphatic rings. The topological polar surface area (TPSA) is 93.5 Å². The second-order valence-corrected chi connectivity index (χ2v) is 8.97. The van der Waals surface area contributed by atoms with Crippen LogP contribution in [0.1, 0.15) is 76.4 Å². The molecule has 1 saturated carbocycles. The molecule has 0 unspecified atom stereocenters. The summed E-state index contributed by atoms with van der Waals surface area (Å²) in [6, 6.07) is 5.40. The van der Waals surface area contributed by atoms with Crippen LogP contribution in [0.5, 0.6) is 5.75 Å². The van der Waals surface area contributed by atoms with Gasteiger partial charge >= 0.3 is 5.97 Å². The first kappa shape index (κ1) is 21.4. The van der Waals surface area contributed by atoms with Crippen molar-refractivity contribution < 1.29 is 19.4 Å². The summed E-state index contributed by atoms with van der Waals surface area (Å²) < 4.78 is 7.47. The zero-order valence-corrected chi connectivity index (χ0v) is 18.8. The second kappa shape index (κ2) is 8.70. The monoisotopic (exact) mass is 441 g/mol. The predicted octanol–water partition coefficient (Wildman–Crippen LogP) is 5.43. The van der Waals surface area contributed by atoms with Gasteiger partial charge in [0.25, 0.3) is 5.91 Å². The van der Waals surface area contributed by atoms with Gasteiger partial charge in [0, 0.05) is 16.6 Å². The van der Waals surface area contributed by atoms with Crippen LogP contribution in [0.2, 0.25) is 0 Å². The van der Waals surface area contributed by atoms with Crippen molar-refractivity contribution in [3.05, 3.63) is 39.9 Å². The average Bonchev–Trinajstić information content (AvgIpc) is 3.34. The third kappa shape index (κ3) is 3.92. The Morgan fingerprint density at radius 2 is 2.03 bits per heavy atom. The molecule has 0 bridgehead atoms. The highest BCUT2D eigenvalue weighted by Crippen LogP contribution is 2.36. The number of benzene rings is 1. The van der Waals surface area contributed by atoms with Crippen molar-refractivity contribution in [2.45, 2.75) is 58.4 Å². The first-order chi connectivity index (χ1) is 14.9. The molecule has 1 aromatic carbocycles. The van der Waals surface area contributed by atoms with Crippen molar-refractivity contribution in [1.82, 2.24) is 9.78 Å². The van der Waals surface area contributed by atoms with Crippen LogP contribution in [0.25, 0.3) is 10.2 Å². The fraction of sp³-hybridized carbons (Fsp3) is 0.435. The summed E-state index contributed by atoms with van der Waals surface area (Å²) in [4.78, 5) is 26.2. The highest BCUT2D eigenvalue weighted by Gasteiger charge is 2.24. The van der Waals surface area contributed by atoms with Crippen LogP contribution >= 0.6 is 11.3 Å². The number of aryl methyl sites for hydroxylation is 1. The third-order valence-corrected chi connectivity index (χ3v) is 7.13. The standard InChI is InChI=1S/C23H27N3O4S/c1-4-15-18(11-10-16(23(28)29)20(15)30-3)24-21(27)19-12-17-13(2)25-26(22(17)31-19)14-8-6-5-7-9-14/h10-12,14H,4-9H2,1-3H3,(H,24,27)(H,28,29). The number of nitrogens with one attached hydrogen (secondary N) is 1. The Morgan fingerprint density at radius 1 is 1.29 bits per heavy atom. The number of aromatic nitrogens is 2. The molecule has 8 heteroatoms. The number of carbonyl (C=O) groups is 2. The van der Waals surface area contributed by atoms with Crippen molar-refractivity contribution >= 4 is 39.1 Å². The molecule has 0 spiro atoms. The number of amides is 1. The number of aromatic carboxylic acids is 1. The van der Waals surface area contributed by atoms with E-state index in [1.54, 1.807) is 6.07 Å². The maximum Gasteiger partial charge on any atom is 0.339 e. The minimum absolute atomic E-state index is 0.0856. The molecule has 4 rings (SSSR count). The number of carboxylic acids is 1. The predicted molar refractivity (Wildman–Crippen MR) is 122 cm³/mol. The molecule has 2 aromatic heterocycles. The number of thiophene rings is 1. The van der Waals surface area contributed by atoms with Gasteiger partial charge in [-0.2, -0.15) is 5.10 Å². The van der Waals surface area contributed by atoms with Gasteiger partial charge in [-0.1, -0.05) is 26.2 Å². The first-order valence-corrected chi connectivity index (χ1v) is 11.5. The molecule has 7 nitrogen and oxygen atoms in total. The summed E-state index contributed by atoms with van der Waals surface area (Å²) in [6.45, 7) is 3.89. The summed E-state index contributed by atoms with van der Waals surface area (Å²) in [6.07, 6.45) is 6.51. The first-order valence-electron chi connectivity index (χ1n) is 10.7. The molecule has 3 aromatic rings. The normalized spacial score (nSPS) is 14.7. The number of methoxy groups -OCH3 is 1. The van der Waals surface area contributed by atoms with E-state index in [9.17, 15) is 14.7 Å². The maximum absolute atomic E-state index is 13.1. The quantitative estimate of drug-likeness (QED) is 0.532. The van der Waals surface area contributed by atoms with Crippen LogP contribution in [-0.4, -0.2) is 33.9 Å². The van der Waals surface area contributed by atoms with Gasteiger partial charge in [0.2, 0.25) is 0 Å². The van der Waals surface area contributed by atoms with E-state index in [2.05, 4.69) is 10.00 Å². The summed E-state index contributed by atoms with van der Waals surface area (Å²) >= 11 is 1.46. The summed E-state index contributed by atoms with van der Waals surface area (Å²) in [7, 11) is 1.44. The minimum atomic E-state index is -1.06. The van der Waals surface area contributed by atoms with Gasteiger partial charge in [-0.05, 0) is 44.4 Å². The van der Waals surface area contributed by atoms with E-state index in [1.165, 1.54) is 43.8 Å². The molecular weight excluding hydrogens is 414 g/mol. The Kier molecular flexibility index (Phi) is 6.00. The fourth-order valence-electron chi connectivity index (χ4n) is 4.44. The molecular formula is C23H27N3O4S. The van der Waals surface area contributed by atoms with Crippen LogP contribution in [0, 0.1) is 6.92 Å². The van der Waals surface area contributed by atoms with E-state index < -0.39 is 5.97 Å². The molecule has 1 amide bonds. The lowest BCUT2D eigenvalue weighted by Crippen LogP contribution is -2.14. The fourth-order valence-corrected chi connectivity index (χ4v) is 5.57. The van der Waals surface area contributed by atoms with Crippen LogP contribution in [0.3, 0.4) is 0 Å². The SMILES string of the molecule is CCc1c(NC(=O)c2cc3c(C)nn(C4CCCCC4)c3s2)ccc(C(=O)O)c1OC. The largest absolute Gasteiger partial charge is 0.495 e. The summed E-state index contributed by atoms with van der Waals surface area (Å²) in [5, 5.41) is 18.1. The second-order valence-electron chi connectivity index (χ2n) is 7.94. The van der Waals surface area contributed by atoms with Gasteiger partial charge in [-0.15, -0.1) is 11.3 Å². The maximum atomic E-state index is 13.1. The van der Waals surface area contributed by atoms with E-state index in [0.717, 1.165) is 28.8 Å². The van der Waals surface area contributed by atoms with E-state index in [0.29, 0.717) is 28.6 Å². The summed E-state index contributed by atoms with van der Waals surface area (Å²) in [5.74, 6) is -0.986. The number of hydrogen-bond donors (Lipinski definition) is 2. The van der Waals surface area contributed by atoms with Gasteiger partial charge < -0.3 is 15.2 Å². The number of rotatable bonds is 6. The molecule has 0 atom stereocenters. The number of anilines is 1. The van der Waals surface area contributed by atoms with E-state index in [1.807, 2.05) is 19.9 Å². The molecule has 1 fully saturated rings. The molecule has 0 aliphatic heterocycles. The Labute approximate surface area is 185 Å². The molecule has 164 valence electrons. The van der Waals surface area contributed by atoms with Gasteiger partial charge in [0.1, 0.15) is 16.1 Å². The zero-order valence-electron chi connectivity index (χ0n) is 18.0. The number of carbonyl (C=O) groups excluding carboxylic acids is 1. The molecule has 0 radical (unpaired) electrons. The van der Waals surface area contributed by atoms with Crippen molar-refractivity contribution in [2.75, 3.05) is 12.4 Å². The van der Waals surface area contributed by atoms with Crippen LogP contribution < -0.4 is 10.1 Å². The van der Waals surface area contributed by atoms with E-state index in [-0.39, 0.29) is 17.2 Å². The van der Waals surface area contributed by atoms with Crippen molar-refractivity contribution in [2.24, 2.45) is 0 Å². The molecule has 2 N–H and O–H groups in total. The lowest BCUT2D eigenvalue weighted by atomic mass is 9.96. The Hall–Kier alpha value is -2.87. The van der Waals surface area contributed by atoms with Crippen LogP contribution in [0.4, 0.5) is 5.69 Å². The van der Waals surface area contributed by atoms with E-state index >= 15 is 0 Å². The lowest BCUT2D eigenvalue weighted by molar-refractivity contribution is 0.0693. The Balaban J connectivity index is 1.65. The molecule has 1 aliphatic carbocycles. The number of carboxylic acid groups (broad SMARTS) is 1. The smallest absolute Gasteiger partial charge is 0.339 e. The lowest BCUT2D eigenvalue weighted by Gasteiger charge is -2.22. The van der Waals surface area contributed by atoms with Crippen molar-refractivity contribution in [3.63, 3.8) is 0 Å².